The van der Waals surface area contributed by atoms with E-state index in [9.17, 15) is 9.59 Å². The van der Waals surface area contributed by atoms with E-state index in [4.69, 9.17) is 10.8 Å². The number of nitrogens with zero attached hydrogens (tertiary/aromatic N) is 1. The molecule has 3 N–H and O–H groups in total. The molecule has 17 heavy (non-hydrogen) atoms. The standard InChI is InChI=1S/C10H18N2O3S2/c1-6-12(8(5-17-6)10(14)15)9(13)7(11)3-4-16-2/h6-8H,3-5,11H2,1-2H3,(H,14,15)/t6?,7-,8?/m0/s1. The molecule has 0 spiro atoms. The number of amides is 1. The maximum absolute atomic E-state index is 12.1. The Balaban J connectivity index is 2.68. The van der Waals surface area contributed by atoms with Crippen LogP contribution < -0.4 is 5.73 Å². The fourth-order valence-electron chi connectivity index (χ4n) is 1.73. The van der Waals surface area contributed by atoms with Gasteiger partial charge in [0.05, 0.1) is 11.4 Å². The molecule has 0 aliphatic carbocycles. The molecular weight excluding hydrogens is 260 g/mol. The van der Waals surface area contributed by atoms with Gasteiger partial charge in [-0.3, -0.25) is 4.79 Å². The third-order valence-corrected chi connectivity index (χ3v) is 4.57. The lowest BCUT2D eigenvalue weighted by atomic mass is 10.1. The number of carboxylic acids is 1. The van der Waals surface area contributed by atoms with E-state index in [2.05, 4.69) is 0 Å². The molecule has 0 saturated carbocycles. The van der Waals surface area contributed by atoms with E-state index in [0.29, 0.717) is 12.2 Å². The molecule has 1 saturated heterocycles. The Bertz CT molecular complexity index is 301. The van der Waals surface area contributed by atoms with Gasteiger partial charge in [0.1, 0.15) is 6.04 Å². The zero-order valence-corrected chi connectivity index (χ0v) is 11.6. The summed E-state index contributed by atoms with van der Waals surface area (Å²) in [6.45, 7) is 1.84. The number of thioether (sulfide) groups is 2. The van der Waals surface area contributed by atoms with E-state index < -0.39 is 18.1 Å². The highest BCUT2D eigenvalue weighted by Gasteiger charge is 2.40. The van der Waals surface area contributed by atoms with Crippen molar-refractivity contribution in [2.45, 2.75) is 30.8 Å². The predicted octanol–water partition coefficient (Wildman–Crippen LogP) is 0.441. The Morgan fingerprint density at radius 1 is 1.65 bits per heavy atom. The van der Waals surface area contributed by atoms with Crippen LogP contribution in [-0.4, -0.2) is 57.1 Å². The van der Waals surface area contributed by atoms with Crippen molar-refractivity contribution < 1.29 is 14.7 Å². The first-order valence-corrected chi connectivity index (χ1v) is 7.84. The molecule has 0 radical (unpaired) electrons. The molecule has 1 fully saturated rings. The fraction of sp³-hybridized carbons (Fsp3) is 0.800. The smallest absolute Gasteiger partial charge is 0.327 e. The molecule has 0 aromatic carbocycles. The van der Waals surface area contributed by atoms with Crippen LogP contribution in [0, 0.1) is 0 Å². The molecule has 1 rings (SSSR count). The van der Waals surface area contributed by atoms with Crippen molar-refractivity contribution in [1.29, 1.82) is 0 Å². The van der Waals surface area contributed by atoms with E-state index in [1.807, 2.05) is 13.2 Å². The summed E-state index contributed by atoms with van der Waals surface area (Å²) in [5.74, 6) is 0.0496. The molecule has 1 aliphatic rings. The van der Waals surface area contributed by atoms with Gasteiger partial charge >= 0.3 is 5.97 Å². The summed E-state index contributed by atoms with van der Waals surface area (Å²) in [4.78, 5) is 24.6. The summed E-state index contributed by atoms with van der Waals surface area (Å²) in [6.07, 6.45) is 2.53. The summed E-state index contributed by atoms with van der Waals surface area (Å²) >= 11 is 3.10. The van der Waals surface area contributed by atoms with Gasteiger partial charge in [-0.25, -0.2) is 4.79 Å². The van der Waals surface area contributed by atoms with Gasteiger partial charge in [0.15, 0.2) is 0 Å². The molecule has 0 aromatic heterocycles. The number of hydrogen-bond acceptors (Lipinski definition) is 5. The molecule has 0 bridgehead atoms. The maximum Gasteiger partial charge on any atom is 0.327 e. The SMILES string of the molecule is CSCC[C@H](N)C(=O)N1C(C)SCC1C(=O)O. The zero-order chi connectivity index (χ0) is 13.0. The number of carbonyl (C=O) groups is 2. The number of carboxylic acid groups (broad SMARTS) is 1. The number of nitrogens with two attached hydrogens (primary N) is 1. The molecule has 1 amide bonds. The second kappa shape index (κ2) is 6.51. The molecular formula is C10H18N2O3S2. The van der Waals surface area contributed by atoms with Gasteiger partial charge in [-0.1, -0.05) is 0 Å². The summed E-state index contributed by atoms with van der Waals surface area (Å²) in [5, 5.41) is 8.95. The Morgan fingerprint density at radius 2 is 2.29 bits per heavy atom. The van der Waals surface area contributed by atoms with Crippen LogP contribution in [0.3, 0.4) is 0 Å². The third kappa shape index (κ3) is 3.53. The number of aliphatic carboxylic acids is 1. The normalized spacial score (nSPS) is 25.9. The molecule has 0 aromatic rings. The Kier molecular flexibility index (Phi) is 5.61. The van der Waals surface area contributed by atoms with Crippen molar-refractivity contribution in [2.24, 2.45) is 5.73 Å². The number of carbonyl (C=O) groups excluding carboxylic acids is 1. The second-order valence-electron chi connectivity index (χ2n) is 3.92. The van der Waals surface area contributed by atoms with Crippen LogP contribution in [0.5, 0.6) is 0 Å². The molecule has 7 heteroatoms. The van der Waals surface area contributed by atoms with Crippen molar-refractivity contribution >= 4 is 35.4 Å². The Morgan fingerprint density at radius 3 is 2.82 bits per heavy atom. The number of rotatable bonds is 5. The highest BCUT2D eigenvalue weighted by atomic mass is 32.2. The predicted molar refractivity (Wildman–Crippen MR) is 71.2 cm³/mol. The summed E-state index contributed by atoms with van der Waals surface area (Å²) < 4.78 is 0. The Hall–Kier alpha value is -0.400. The van der Waals surface area contributed by atoms with Gasteiger partial charge in [0.25, 0.3) is 0 Å². The quantitative estimate of drug-likeness (QED) is 0.759. The molecule has 3 atom stereocenters. The first-order valence-electron chi connectivity index (χ1n) is 5.40. The van der Waals surface area contributed by atoms with Crippen molar-refractivity contribution in [3.05, 3.63) is 0 Å². The highest BCUT2D eigenvalue weighted by Crippen LogP contribution is 2.29. The van der Waals surface area contributed by atoms with E-state index in [1.165, 1.54) is 16.7 Å². The minimum absolute atomic E-state index is 0.107. The van der Waals surface area contributed by atoms with Crippen LogP contribution in [-0.2, 0) is 9.59 Å². The minimum Gasteiger partial charge on any atom is -0.480 e. The lowest BCUT2D eigenvalue weighted by molar-refractivity contribution is -0.149. The van der Waals surface area contributed by atoms with Gasteiger partial charge in [0, 0.05) is 5.75 Å². The van der Waals surface area contributed by atoms with Gasteiger partial charge in [0.2, 0.25) is 5.91 Å². The lowest BCUT2D eigenvalue weighted by Gasteiger charge is -2.27. The van der Waals surface area contributed by atoms with E-state index >= 15 is 0 Å². The van der Waals surface area contributed by atoms with E-state index in [0.717, 1.165) is 5.75 Å². The highest BCUT2D eigenvalue weighted by molar-refractivity contribution is 8.00. The van der Waals surface area contributed by atoms with Crippen LogP contribution in [0.1, 0.15) is 13.3 Å². The van der Waals surface area contributed by atoms with Crippen molar-refractivity contribution in [1.82, 2.24) is 4.90 Å². The van der Waals surface area contributed by atoms with Crippen molar-refractivity contribution in [3.63, 3.8) is 0 Å². The molecule has 1 heterocycles. The maximum atomic E-state index is 12.1. The van der Waals surface area contributed by atoms with Crippen molar-refractivity contribution in [3.8, 4) is 0 Å². The largest absolute Gasteiger partial charge is 0.480 e. The Labute approximate surface area is 109 Å². The third-order valence-electron chi connectivity index (χ3n) is 2.71. The molecule has 1 aliphatic heterocycles. The zero-order valence-electron chi connectivity index (χ0n) is 9.96. The van der Waals surface area contributed by atoms with E-state index in [-0.39, 0.29) is 11.3 Å². The molecule has 5 nitrogen and oxygen atoms in total. The average Bonchev–Trinajstić information content (AvgIpc) is 2.67. The average molecular weight is 278 g/mol. The van der Waals surface area contributed by atoms with Crippen LogP contribution in [0.15, 0.2) is 0 Å². The fourth-order valence-corrected chi connectivity index (χ4v) is 3.39. The second-order valence-corrected chi connectivity index (χ2v) is 6.25. The number of hydrogen-bond donors (Lipinski definition) is 2. The first-order chi connectivity index (χ1) is 7.99. The summed E-state index contributed by atoms with van der Waals surface area (Å²) in [6, 6.07) is -1.33. The van der Waals surface area contributed by atoms with Crippen LogP contribution in [0.25, 0.3) is 0 Å². The first kappa shape index (κ1) is 14.7. The topological polar surface area (TPSA) is 83.6 Å². The summed E-state index contributed by atoms with van der Waals surface area (Å²) in [5.41, 5.74) is 5.80. The van der Waals surface area contributed by atoms with Gasteiger partial charge in [-0.05, 0) is 25.4 Å². The van der Waals surface area contributed by atoms with Crippen LogP contribution in [0.2, 0.25) is 0 Å². The molecule has 98 valence electrons. The van der Waals surface area contributed by atoms with Crippen LogP contribution >= 0.6 is 23.5 Å². The summed E-state index contributed by atoms with van der Waals surface area (Å²) in [7, 11) is 0. The molecule has 2 unspecified atom stereocenters. The monoisotopic (exact) mass is 278 g/mol. The van der Waals surface area contributed by atoms with Gasteiger partial charge in [-0.15, -0.1) is 11.8 Å². The van der Waals surface area contributed by atoms with Gasteiger partial charge in [-0.2, -0.15) is 11.8 Å². The minimum atomic E-state index is -0.952. The van der Waals surface area contributed by atoms with Crippen LogP contribution in [0.4, 0.5) is 0 Å². The lowest BCUT2D eigenvalue weighted by Crippen LogP contribution is -2.51. The van der Waals surface area contributed by atoms with Crippen molar-refractivity contribution in [2.75, 3.05) is 17.8 Å². The van der Waals surface area contributed by atoms with Gasteiger partial charge < -0.3 is 15.7 Å². The van der Waals surface area contributed by atoms with E-state index in [1.54, 1.807) is 11.8 Å².